The van der Waals surface area contributed by atoms with E-state index < -0.39 is 0 Å². The van der Waals surface area contributed by atoms with E-state index in [-0.39, 0.29) is 11.4 Å². The Hall–Kier alpha value is -0.610. The van der Waals surface area contributed by atoms with Crippen LogP contribution in [0.5, 0.6) is 0 Å². The third-order valence-electron chi connectivity index (χ3n) is 4.90. The van der Waals surface area contributed by atoms with Crippen LogP contribution in [0.1, 0.15) is 34.1 Å². The number of likely N-dealkylation sites (tertiary alicyclic amines) is 1. The molecule has 2 heterocycles. The lowest BCUT2D eigenvalue weighted by Crippen LogP contribution is -2.48. The molecule has 0 spiro atoms. The van der Waals surface area contributed by atoms with Gasteiger partial charge in [-0.15, -0.1) is 0 Å². The third kappa shape index (κ3) is 3.29. The van der Waals surface area contributed by atoms with E-state index in [9.17, 15) is 4.79 Å². The molecule has 0 aliphatic carbocycles. The second kappa shape index (κ2) is 5.80. The quantitative estimate of drug-likeness (QED) is 0.783. The fourth-order valence-corrected chi connectivity index (χ4v) is 3.50. The van der Waals surface area contributed by atoms with Crippen molar-refractivity contribution in [3.05, 3.63) is 0 Å². The predicted octanol–water partition coefficient (Wildman–Crippen LogP) is 1.08. The molecule has 0 radical (unpaired) electrons. The topological polar surface area (TPSA) is 44.4 Å². The van der Waals surface area contributed by atoms with Crippen molar-refractivity contribution in [3.63, 3.8) is 0 Å². The van der Waals surface area contributed by atoms with Crippen LogP contribution in [0.4, 0.5) is 0 Å². The molecule has 0 bridgehead atoms. The minimum atomic E-state index is 0.142. The molecule has 0 aromatic rings. The van der Waals surface area contributed by atoms with E-state index in [1.165, 1.54) is 0 Å². The van der Waals surface area contributed by atoms with Gasteiger partial charge in [0, 0.05) is 25.2 Å². The molecule has 2 fully saturated rings. The lowest BCUT2D eigenvalue weighted by Gasteiger charge is -2.35. The predicted molar refractivity (Wildman–Crippen MR) is 78.0 cm³/mol. The number of nitrogens with one attached hydrogen (secondary N) is 2. The van der Waals surface area contributed by atoms with Gasteiger partial charge in [-0.05, 0) is 44.6 Å². The summed E-state index contributed by atoms with van der Waals surface area (Å²) in [5.41, 5.74) is 0.142. The summed E-state index contributed by atoms with van der Waals surface area (Å²) in [6.07, 6.45) is 1.06. The molecule has 4 nitrogen and oxygen atoms in total. The molecule has 19 heavy (non-hydrogen) atoms. The van der Waals surface area contributed by atoms with Crippen molar-refractivity contribution < 1.29 is 4.79 Å². The maximum absolute atomic E-state index is 12.0. The van der Waals surface area contributed by atoms with E-state index in [0.717, 1.165) is 38.5 Å². The Morgan fingerprint density at radius 3 is 2.79 bits per heavy atom. The highest BCUT2D eigenvalue weighted by Gasteiger charge is 2.49. The first-order valence-corrected chi connectivity index (χ1v) is 7.63. The van der Waals surface area contributed by atoms with Gasteiger partial charge in [-0.1, -0.05) is 13.8 Å². The van der Waals surface area contributed by atoms with Crippen LogP contribution in [-0.2, 0) is 4.79 Å². The molecule has 0 saturated carbocycles. The minimum absolute atomic E-state index is 0.142. The molecule has 0 aromatic heterocycles. The van der Waals surface area contributed by atoms with Crippen LogP contribution in [0.25, 0.3) is 0 Å². The number of carbonyl (C=O) groups is 1. The zero-order valence-electron chi connectivity index (χ0n) is 12.8. The van der Waals surface area contributed by atoms with E-state index in [0.29, 0.717) is 18.4 Å². The Labute approximate surface area is 117 Å². The molecule has 0 aromatic carbocycles. The van der Waals surface area contributed by atoms with Crippen LogP contribution in [-0.4, -0.2) is 49.1 Å². The highest BCUT2D eigenvalue weighted by molar-refractivity contribution is 5.78. The van der Waals surface area contributed by atoms with Crippen molar-refractivity contribution in [2.24, 2.45) is 17.8 Å². The SMILES string of the molecule is CC(C)CCNC(=O)CN1CC2CNCC2C1(C)C. The Kier molecular flexibility index (Phi) is 4.51. The molecule has 110 valence electrons. The molecule has 4 heteroatoms. The average molecular weight is 267 g/mol. The zero-order valence-corrected chi connectivity index (χ0v) is 12.8. The van der Waals surface area contributed by atoms with Gasteiger partial charge < -0.3 is 10.6 Å². The van der Waals surface area contributed by atoms with Gasteiger partial charge >= 0.3 is 0 Å². The van der Waals surface area contributed by atoms with Crippen molar-refractivity contribution in [1.82, 2.24) is 15.5 Å². The van der Waals surface area contributed by atoms with Gasteiger partial charge in [0.05, 0.1) is 6.54 Å². The second-order valence-electron chi connectivity index (χ2n) is 7.09. The van der Waals surface area contributed by atoms with Gasteiger partial charge in [0.25, 0.3) is 0 Å². The summed E-state index contributed by atoms with van der Waals surface area (Å²) in [6, 6.07) is 0. The van der Waals surface area contributed by atoms with Crippen LogP contribution < -0.4 is 10.6 Å². The van der Waals surface area contributed by atoms with E-state index in [2.05, 4.69) is 43.2 Å². The highest BCUT2D eigenvalue weighted by atomic mass is 16.2. The van der Waals surface area contributed by atoms with Gasteiger partial charge in [-0.3, -0.25) is 9.69 Å². The Bertz CT molecular complexity index is 327. The number of rotatable bonds is 5. The first kappa shape index (κ1) is 14.8. The molecule has 2 atom stereocenters. The first-order chi connectivity index (χ1) is 8.91. The van der Waals surface area contributed by atoms with Crippen LogP contribution in [0.2, 0.25) is 0 Å². The van der Waals surface area contributed by atoms with Gasteiger partial charge in [0.2, 0.25) is 5.91 Å². The van der Waals surface area contributed by atoms with Gasteiger partial charge in [-0.2, -0.15) is 0 Å². The van der Waals surface area contributed by atoms with Crippen LogP contribution in [0, 0.1) is 17.8 Å². The lowest BCUT2D eigenvalue weighted by molar-refractivity contribution is -0.123. The first-order valence-electron chi connectivity index (χ1n) is 7.63. The summed E-state index contributed by atoms with van der Waals surface area (Å²) >= 11 is 0. The van der Waals surface area contributed by atoms with Crippen molar-refractivity contribution in [1.29, 1.82) is 0 Å². The van der Waals surface area contributed by atoms with Crippen LogP contribution in [0.15, 0.2) is 0 Å². The monoisotopic (exact) mass is 267 g/mol. The fourth-order valence-electron chi connectivity index (χ4n) is 3.50. The average Bonchev–Trinajstić information content (AvgIpc) is 2.83. The summed E-state index contributed by atoms with van der Waals surface area (Å²) < 4.78 is 0. The smallest absolute Gasteiger partial charge is 0.234 e. The molecule has 2 unspecified atom stereocenters. The Morgan fingerprint density at radius 2 is 2.16 bits per heavy atom. The van der Waals surface area contributed by atoms with E-state index in [4.69, 9.17) is 0 Å². The molecule has 2 rings (SSSR count). The van der Waals surface area contributed by atoms with E-state index in [1.54, 1.807) is 0 Å². The van der Waals surface area contributed by atoms with E-state index >= 15 is 0 Å². The number of hydrogen-bond acceptors (Lipinski definition) is 3. The number of carbonyl (C=O) groups excluding carboxylic acids is 1. The number of amides is 1. The van der Waals surface area contributed by atoms with E-state index in [1.807, 2.05) is 0 Å². The number of fused-ring (bicyclic) bond motifs is 1. The lowest BCUT2D eigenvalue weighted by atomic mass is 9.85. The maximum Gasteiger partial charge on any atom is 0.234 e. The van der Waals surface area contributed by atoms with Gasteiger partial charge in [0.15, 0.2) is 0 Å². The largest absolute Gasteiger partial charge is 0.355 e. The Morgan fingerprint density at radius 1 is 1.42 bits per heavy atom. The summed E-state index contributed by atoms with van der Waals surface area (Å²) in [5, 5.41) is 6.52. The van der Waals surface area contributed by atoms with Crippen LogP contribution in [0.3, 0.4) is 0 Å². The van der Waals surface area contributed by atoms with Crippen molar-refractivity contribution >= 4 is 5.91 Å². The highest BCUT2D eigenvalue weighted by Crippen LogP contribution is 2.40. The summed E-state index contributed by atoms with van der Waals surface area (Å²) in [4.78, 5) is 14.4. The fraction of sp³-hybridized carbons (Fsp3) is 0.933. The summed E-state index contributed by atoms with van der Waals surface area (Å²) in [6.45, 7) is 13.6. The molecule has 2 N–H and O–H groups in total. The molecule has 2 saturated heterocycles. The Balaban J connectivity index is 1.81. The number of nitrogens with zero attached hydrogens (tertiary/aromatic N) is 1. The van der Waals surface area contributed by atoms with Crippen LogP contribution >= 0.6 is 0 Å². The van der Waals surface area contributed by atoms with Gasteiger partial charge in [0.1, 0.15) is 0 Å². The second-order valence-corrected chi connectivity index (χ2v) is 7.09. The molecule has 2 aliphatic rings. The normalized spacial score (nSPS) is 29.7. The van der Waals surface area contributed by atoms with Crippen molar-refractivity contribution in [3.8, 4) is 0 Å². The number of hydrogen-bond donors (Lipinski definition) is 2. The molecular weight excluding hydrogens is 238 g/mol. The zero-order chi connectivity index (χ0) is 14.0. The maximum atomic E-state index is 12.0. The van der Waals surface area contributed by atoms with Gasteiger partial charge in [-0.25, -0.2) is 0 Å². The molecule has 2 aliphatic heterocycles. The third-order valence-corrected chi connectivity index (χ3v) is 4.90. The summed E-state index contributed by atoms with van der Waals surface area (Å²) in [5.74, 6) is 2.24. The summed E-state index contributed by atoms with van der Waals surface area (Å²) in [7, 11) is 0. The standard InChI is InChI=1S/C15H29N3O/c1-11(2)5-6-17-14(19)10-18-9-12-7-16-8-13(12)15(18,3)4/h11-13,16H,5-10H2,1-4H3,(H,17,19). The molecular formula is C15H29N3O. The minimum Gasteiger partial charge on any atom is -0.355 e. The van der Waals surface area contributed by atoms with Crippen molar-refractivity contribution in [2.75, 3.05) is 32.7 Å². The van der Waals surface area contributed by atoms with Crippen molar-refractivity contribution in [2.45, 2.75) is 39.7 Å². The molecule has 1 amide bonds.